The van der Waals surface area contributed by atoms with Crippen LogP contribution in [0.2, 0.25) is 0 Å². The van der Waals surface area contributed by atoms with Gasteiger partial charge >= 0.3 is 6.09 Å². The van der Waals surface area contributed by atoms with Crippen molar-refractivity contribution in [3.8, 4) is 6.07 Å². The number of thiazole rings is 1. The normalized spacial score (nSPS) is 9.92. The van der Waals surface area contributed by atoms with Crippen molar-refractivity contribution >= 4 is 28.5 Å². The number of nitrogens with zero attached hydrogens (tertiary/aromatic N) is 2. The third-order valence-electron chi connectivity index (χ3n) is 3.16. The van der Waals surface area contributed by atoms with E-state index in [9.17, 15) is 9.59 Å². The maximum absolute atomic E-state index is 11.8. The van der Waals surface area contributed by atoms with Gasteiger partial charge in [0.05, 0.1) is 18.2 Å². The highest BCUT2D eigenvalue weighted by molar-refractivity contribution is 7.15. The largest absolute Gasteiger partial charge is 0.450 e. The quantitative estimate of drug-likeness (QED) is 0.792. The summed E-state index contributed by atoms with van der Waals surface area (Å²) in [5.41, 5.74) is 1.69. The molecule has 0 radical (unpaired) electrons. The molecule has 7 nitrogen and oxygen atoms in total. The van der Waals surface area contributed by atoms with Crippen molar-refractivity contribution in [2.45, 2.75) is 19.8 Å². The van der Waals surface area contributed by atoms with Crippen LogP contribution in [-0.4, -0.2) is 30.1 Å². The number of carbonyl (C=O) groups is 2. The van der Waals surface area contributed by atoms with E-state index in [1.165, 1.54) is 11.3 Å². The van der Waals surface area contributed by atoms with Crippen LogP contribution >= 0.6 is 11.3 Å². The molecule has 2 aromatic rings. The van der Waals surface area contributed by atoms with Crippen molar-refractivity contribution in [3.63, 3.8) is 0 Å². The summed E-state index contributed by atoms with van der Waals surface area (Å²) >= 11 is 1.39. The Morgan fingerprint density at radius 2 is 2.08 bits per heavy atom. The molecule has 0 atom stereocenters. The topological polar surface area (TPSA) is 104 Å². The fraction of sp³-hybridized carbons (Fsp3) is 0.294. The van der Waals surface area contributed by atoms with Gasteiger partial charge in [0, 0.05) is 30.5 Å². The molecular formula is C17H18N4O3S. The molecule has 1 heterocycles. The van der Waals surface area contributed by atoms with Crippen molar-refractivity contribution in [2.24, 2.45) is 0 Å². The van der Waals surface area contributed by atoms with Crippen molar-refractivity contribution in [1.82, 2.24) is 10.3 Å². The second-order valence-corrected chi connectivity index (χ2v) is 6.18. The summed E-state index contributed by atoms with van der Waals surface area (Å²) in [4.78, 5) is 28.1. The van der Waals surface area contributed by atoms with E-state index in [1.807, 2.05) is 12.1 Å². The van der Waals surface area contributed by atoms with E-state index in [0.29, 0.717) is 23.7 Å². The van der Waals surface area contributed by atoms with Gasteiger partial charge in [-0.05, 0) is 24.6 Å². The number of aromatic nitrogens is 1. The Morgan fingerprint density at radius 3 is 2.76 bits per heavy atom. The first-order valence-corrected chi connectivity index (χ1v) is 8.56. The average molecular weight is 358 g/mol. The Labute approximate surface area is 149 Å². The number of ether oxygens (including phenoxy) is 1. The van der Waals surface area contributed by atoms with E-state index in [2.05, 4.69) is 21.7 Å². The number of amides is 2. The van der Waals surface area contributed by atoms with Crippen LogP contribution in [0, 0.1) is 11.3 Å². The van der Waals surface area contributed by atoms with Gasteiger partial charge in [-0.3, -0.25) is 4.79 Å². The molecule has 1 aromatic carbocycles. The summed E-state index contributed by atoms with van der Waals surface area (Å²) < 4.78 is 4.71. The van der Waals surface area contributed by atoms with E-state index in [-0.39, 0.29) is 18.9 Å². The minimum atomic E-state index is -0.533. The molecule has 0 spiro atoms. The molecule has 0 aliphatic rings. The van der Waals surface area contributed by atoms with E-state index in [0.717, 1.165) is 10.4 Å². The molecule has 0 aliphatic carbocycles. The molecule has 130 valence electrons. The number of alkyl carbamates (subject to hydrolysis) is 1. The Balaban J connectivity index is 1.79. The Kier molecular flexibility index (Phi) is 6.92. The zero-order valence-corrected chi connectivity index (χ0v) is 14.6. The van der Waals surface area contributed by atoms with Gasteiger partial charge in [0.25, 0.3) is 0 Å². The lowest BCUT2D eigenvalue weighted by atomic mass is 10.1. The molecule has 0 bridgehead atoms. The van der Waals surface area contributed by atoms with Gasteiger partial charge in [0.2, 0.25) is 5.91 Å². The fourth-order valence-corrected chi connectivity index (χ4v) is 2.85. The number of benzene rings is 1. The van der Waals surface area contributed by atoms with Crippen LogP contribution in [0.4, 0.5) is 9.93 Å². The second kappa shape index (κ2) is 9.39. The van der Waals surface area contributed by atoms with Gasteiger partial charge in [0.1, 0.15) is 0 Å². The van der Waals surface area contributed by atoms with Crippen LogP contribution in [0.25, 0.3) is 0 Å². The highest BCUT2D eigenvalue weighted by atomic mass is 32.1. The van der Waals surface area contributed by atoms with Gasteiger partial charge < -0.3 is 15.4 Å². The SMILES string of the molecule is CCOC(=O)NCCC(=O)Nc1ncc(Cc2ccc(C#N)cc2)s1. The van der Waals surface area contributed by atoms with E-state index in [1.54, 1.807) is 25.3 Å². The summed E-state index contributed by atoms with van der Waals surface area (Å²) in [5.74, 6) is -0.226. The molecule has 8 heteroatoms. The predicted molar refractivity (Wildman–Crippen MR) is 94.3 cm³/mol. The molecule has 2 N–H and O–H groups in total. The fourth-order valence-electron chi connectivity index (χ4n) is 1.99. The summed E-state index contributed by atoms with van der Waals surface area (Å²) in [6, 6.07) is 9.43. The number of carbonyl (C=O) groups excluding carboxylic acids is 2. The number of hydrogen-bond acceptors (Lipinski definition) is 6. The predicted octanol–water partition coefficient (Wildman–Crippen LogP) is 2.68. The van der Waals surface area contributed by atoms with Crippen molar-refractivity contribution in [2.75, 3.05) is 18.5 Å². The number of anilines is 1. The summed E-state index contributed by atoms with van der Waals surface area (Å²) in [6.45, 7) is 2.21. The van der Waals surface area contributed by atoms with Crippen LogP contribution in [0.15, 0.2) is 30.5 Å². The highest BCUT2D eigenvalue weighted by Crippen LogP contribution is 2.21. The third kappa shape index (κ3) is 6.24. The number of nitrogens with one attached hydrogen (secondary N) is 2. The van der Waals surface area contributed by atoms with Crippen molar-refractivity contribution in [1.29, 1.82) is 5.26 Å². The average Bonchev–Trinajstić information content (AvgIpc) is 3.02. The lowest BCUT2D eigenvalue weighted by Gasteiger charge is -2.04. The molecule has 2 amide bonds. The van der Waals surface area contributed by atoms with Gasteiger partial charge in [-0.1, -0.05) is 12.1 Å². The zero-order valence-electron chi connectivity index (χ0n) is 13.7. The molecule has 1 aromatic heterocycles. The van der Waals surface area contributed by atoms with Crippen molar-refractivity contribution in [3.05, 3.63) is 46.5 Å². The van der Waals surface area contributed by atoms with Crippen LogP contribution in [-0.2, 0) is 16.0 Å². The lowest BCUT2D eigenvalue weighted by Crippen LogP contribution is -2.28. The molecular weight excluding hydrogens is 340 g/mol. The van der Waals surface area contributed by atoms with Gasteiger partial charge in [-0.2, -0.15) is 5.26 Å². The monoisotopic (exact) mass is 358 g/mol. The van der Waals surface area contributed by atoms with Crippen LogP contribution in [0.1, 0.15) is 29.3 Å². The maximum Gasteiger partial charge on any atom is 0.407 e. The highest BCUT2D eigenvalue weighted by Gasteiger charge is 2.08. The number of rotatable bonds is 7. The molecule has 0 saturated carbocycles. The van der Waals surface area contributed by atoms with E-state index in [4.69, 9.17) is 10.00 Å². The Hall–Kier alpha value is -2.92. The summed E-state index contributed by atoms with van der Waals surface area (Å²) in [6.07, 6.45) is 2.01. The smallest absolute Gasteiger partial charge is 0.407 e. The minimum absolute atomic E-state index is 0.142. The van der Waals surface area contributed by atoms with Gasteiger partial charge in [0.15, 0.2) is 5.13 Å². The standard InChI is InChI=1S/C17H18N4O3S/c1-2-24-17(23)19-8-7-15(22)21-16-20-11-14(25-16)9-12-3-5-13(10-18)6-4-12/h3-6,11H,2,7-9H2,1H3,(H,19,23)(H,20,21,22). The van der Waals surface area contributed by atoms with E-state index >= 15 is 0 Å². The molecule has 0 saturated heterocycles. The molecule has 0 aliphatic heterocycles. The number of hydrogen-bond donors (Lipinski definition) is 2. The first-order chi connectivity index (χ1) is 12.1. The summed E-state index contributed by atoms with van der Waals surface area (Å²) in [5, 5.41) is 14.5. The van der Waals surface area contributed by atoms with Crippen LogP contribution < -0.4 is 10.6 Å². The minimum Gasteiger partial charge on any atom is -0.450 e. The maximum atomic E-state index is 11.8. The van der Waals surface area contributed by atoms with Crippen LogP contribution in [0.5, 0.6) is 0 Å². The Bertz CT molecular complexity index is 765. The molecule has 0 unspecified atom stereocenters. The Morgan fingerprint density at radius 1 is 1.32 bits per heavy atom. The van der Waals surface area contributed by atoms with Gasteiger partial charge in [-0.25, -0.2) is 9.78 Å². The summed E-state index contributed by atoms with van der Waals surface area (Å²) in [7, 11) is 0. The number of nitriles is 1. The zero-order chi connectivity index (χ0) is 18.1. The van der Waals surface area contributed by atoms with Gasteiger partial charge in [-0.15, -0.1) is 11.3 Å². The molecule has 25 heavy (non-hydrogen) atoms. The third-order valence-corrected chi connectivity index (χ3v) is 4.07. The molecule has 2 rings (SSSR count). The first kappa shape index (κ1) is 18.4. The van der Waals surface area contributed by atoms with Crippen molar-refractivity contribution < 1.29 is 14.3 Å². The van der Waals surface area contributed by atoms with E-state index < -0.39 is 6.09 Å². The lowest BCUT2D eigenvalue weighted by molar-refractivity contribution is -0.116. The first-order valence-electron chi connectivity index (χ1n) is 7.75. The van der Waals surface area contributed by atoms with Crippen LogP contribution in [0.3, 0.4) is 0 Å². The second-order valence-electron chi connectivity index (χ2n) is 5.06. The molecule has 0 fully saturated rings.